The lowest BCUT2D eigenvalue weighted by atomic mass is 10.0. The van der Waals surface area contributed by atoms with Gasteiger partial charge in [-0.25, -0.2) is 0 Å². The van der Waals surface area contributed by atoms with Gasteiger partial charge in [0.1, 0.15) is 7.85 Å². The Labute approximate surface area is 68.8 Å². The van der Waals surface area contributed by atoms with E-state index >= 15 is 0 Å². The maximum Gasteiger partial charge on any atom is 0.214 e. The van der Waals surface area contributed by atoms with Crippen molar-refractivity contribution in [3.8, 4) is 0 Å². The molecule has 0 aromatic carbocycles. The maximum atomic E-state index is 11.2. The number of nitrogens with zero attached hydrogens (tertiary/aromatic N) is 2. The van der Waals surface area contributed by atoms with E-state index in [1.54, 1.807) is 0 Å². The Morgan fingerprint density at radius 1 is 1.36 bits per heavy atom. The normalized spacial score (nSPS) is 20.3. The zero-order valence-electron chi connectivity index (χ0n) is 7.34. The van der Waals surface area contributed by atoms with E-state index in [4.69, 9.17) is 0 Å². The van der Waals surface area contributed by atoms with Gasteiger partial charge in [-0.2, -0.15) is 0 Å². The lowest BCUT2D eigenvalue weighted by molar-refractivity contribution is -0.130. The third-order valence-electron chi connectivity index (χ3n) is 2.16. The molecule has 11 heavy (non-hydrogen) atoms. The van der Waals surface area contributed by atoms with E-state index in [9.17, 15) is 4.79 Å². The average Bonchev–Trinajstić information content (AvgIpc) is 2.05. The molecule has 0 aliphatic carbocycles. The molecule has 0 aromatic rings. The highest BCUT2D eigenvalue weighted by Gasteiger charge is 2.16. The highest BCUT2D eigenvalue weighted by Crippen LogP contribution is 2.00. The zero-order valence-corrected chi connectivity index (χ0v) is 7.34. The molecule has 1 aliphatic rings. The highest BCUT2D eigenvalue weighted by molar-refractivity contribution is 6.19. The minimum atomic E-state index is 0.290. The van der Waals surface area contributed by atoms with Crippen molar-refractivity contribution in [1.29, 1.82) is 0 Å². The second kappa shape index (κ2) is 3.76. The molecular formula is C7H15BN2O. The van der Waals surface area contributed by atoms with Crippen LogP contribution in [-0.4, -0.2) is 56.8 Å². The number of amides is 1. The minimum Gasteiger partial charge on any atom is -0.341 e. The Kier molecular flexibility index (Phi) is 2.94. The third-order valence-corrected chi connectivity index (χ3v) is 2.16. The van der Waals surface area contributed by atoms with Gasteiger partial charge in [0, 0.05) is 26.2 Å². The highest BCUT2D eigenvalue weighted by atomic mass is 16.2. The molecule has 3 nitrogen and oxygen atoms in total. The lowest BCUT2D eigenvalue weighted by Gasteiger charge is -2.32. The monoisotopic (exact) mass is 154 g/mol. The molecule has 4 heteroatoms. The standard InChI is InChI=1S/C7H15BN2O/c1-9-2-4-10(5-3-9)7(11)6-8/h2-6,8H2,1H3. The second-order valence-electron chi connectivity index (χ2n) is 3.04. The summed E-state index contributed by atoms with van der Waals surface area (Å²) in [4.78, 5) is 15.4. The maximum absolute atomic E-state index is 11.2. The summed E-state index contributed by atoms with van der Waals surface area (Å²) in [6.45, 7) is 3.85. The molecular weight excluding hydrogens is 139 g/mol. The van der Waals surface area contributed by atoms with Gasteiger partial charge in [0.15, 0.2) is 0 Å². The van der Waals surface area contributed by atoms with Crippen LogP contribution in [0.15, 0.2) is 0 Å². The Morgan fingerprint density at radius 3 is 2.36 bits per heavy atom. The van der Waals surface area contributed by atoms with Crippen LogP contribution in [0, 0.1) is 0 Å². The molecule has 0 unspecified atom stereocenters. The summed E-state index contributed by atoms with van der Waals surface area (Å²) in [6, 6.07) is 0. The van der Waals surface area contributed by atoms with E-state index in [1.165, 1.54) is 0 Å². The van der Waals surface area contributed by atoms with E-state index in [2.05, 4.69) is 11.9 Å². The number of rotatable bonds is 1. The SMILES string of the molecule is BCC(=O)N1CCN(C)CC1. The number of likely N-dealkylation sites (N-methyl/N-ethyl adjacent to an activating group) is 1. The number of carbonyl (C=O) groups excluding carboxylic acids is 1. The Morgan fingerprint density at radius 2 is 1.91 bits per heavy atom. The minimum absolute atomic E-state index is 0.290. The van der Waals surface area contributed by atoms with Gasteiger partial charge < -0.3 is 9.80 Å². The molecule has 1 aliphatic heterocycles. The first-order valence-electron chi connectivity index (χ1n) is 4.20. The van der Waals surface area contributed by atoms with Crippen LogP contribution in [0.25, 0.3) is 0 Å². The first kappa shape index (κ1) is 8.59. The van der Waals surface area contributed by atoms with Crippen LogP contribution in [0.2, 0.25) is 6.32 Å². The topological polar surface area (TPSA) is 23.6 Å². The Balaban J connectivity index is 2.33. The molecule has 1 heterocycles. The summed E-state index contributed by atoms with van der Waals surface area (Å²) in [6.07, 6.45) is 0.643. The van der Waals surface area contributed by atoms with Crippen molar-refractivity contribution in [1.82, 2.24) is 9.80 Å². The summed E-state index contributed by atoms with van der Waals surface area (Å²) in [7, 11) is 4.01. The van der Waals surface area contributed by atoms with Crippen molar-refractivity contribution in [3.05, 3.63) is 0 Å². The predicted molar refractivity (Wildman–Crippen MR) is 47.4 cm³/mol. The van der Waals surface area contributed by atoms with Crippen molar-refractivity contribution in [2.24, 2.45) is 0 Å². The molecule has 0 aromatic heterocycles. The Hall–Kier alpha value is -0.505. The quantitative estimate of drug-likeness (QED) is 0.443. The summed E-state index contributed by atoms with van der Waals surface area (Å²) in [5, 5.41) is 0. The number of piperazine rings is 1. The average molecular weight is 154 g/mol. The number of carbonyl (C=O) groups is 1. The molecule has 1 saturated heterocycles. The van der Waals surface area contributed by atoms with E-state index < -0.39 is 0 Å². The first-order valence-corrected chi connectivity index (χ1v) is 4.20. The summed E-state index contributed by atoms with van der Waals surface area (Å²) >= 11 is 0. The largest absolute Gasteiger partial charge is 0.341 e. The number of hydrogen-bond donors (Lipinski definition) is 0. The van der Waals surface area contributed by atoms with Crippen molar-refractivity contribution < 1.29 is 4.79 Å². The molecule has 0 spiro atoms. The molecule has 1 rings (SSSR count). The van der Waals surface area contributed by atoms with Crippen molar-refractivity contribution >= 4 is 13.8 Å². The van der Waals surface area contributed by atoms with Gasteiger partial charge in [0.25, 0.3) is 0 Å². The second-order valence-corrected chi connectivity index (χ2v) is 3.04. The summed E-state index contributed by atoms with van der Waals surface area (Å²) in [5.41, 5.74) is 0. The van der Waals surface area contributed by atoms with Crippen molar-refractivity contribution in [2.45, 2.75) is 6.32 Å². The summed E-state index contributed by atoms with van der Waals surface area (Å²) < 4.78 is 0. The summed E-state index contributed by atoms with van der Waals surface area (Å²) in [5.74, 6) is 0.290. The zero-order chi connectivity index (χ0) is 8.27. The fourth-order valence-electron chi connectivity index (χ4n) is 1.28. The third kappa shape index (κ3) is 2.22. The van der Waals surface area contributed by atoms with Gasteiger partial charge in [0.2, 0.25) is 5.91 Å². The molecule has 0 bridgehead atoms. The van der Waals surface area contributed by atoms with Gasteiger partial charge in [-0.15, -0.1) is 0 Å². The Bertz CT molecular complexity index is 143. The molecule has 1 amide bonds. The fraction of sp³-hybridized carbons (Fsp3) is 0.857. The van der Waals surface area contributed by atoms with Crippen molar-refractivity contribution in [2.75, 3.05) is 33.2 Å². The predicted octanol–water partition coefficient (Wildman–Crippen LogP) is -1.19. The molecule has 0 saturated carbocycles. The molecule has 0 N–H and O–H groups in total. The van der Waals surface area contributed by atoms with Crippen LogP contribution in [-0.2, 0) is 4.79 Å². The van der Waals surface area contributed by atoms with Gasteiger partial charge in [-0.3, -0.25) is 4.79 Å². The molecule has 1 fully saturated rings. The van der Waals surface area contributed by atoms with Crippen LogP contribution < -0.4 is 0 Å². The molecule has 62 valence electrons. The molecule has 0 atom stereocenters. The van der Waals surface area contributed by atoms with E-state index in [0.717, 1.165) is 26.2 Å². The van der Waals surface area contributed by atoms with Gasteiger partial charge in [-0.1, -0.05) is 0 Å². The van der Waals surface area contributed by atoms with E-state index in [1.807, 2.05) is 12.7 Å². The first-order chi connectivity index (χ1) is 5.24. The van der Waals surface area contributed by atoms with Crippen LogP contribution >= 0.6 is 0 Å². The van der Waals surface area contributed by atoms with E-state index in [0.29, 0.717) is 6.32 Å². The van der Waals surface area contributed by atoms with Crippen LogP contribution in [0.5, 0.6) is 0 Å². The van der Waals surface area contributed by atoms with Crippen LogP contribution in [0.3, 0.4) is 0 Å². The fourth-order valence-corrected chi connectivity index (χ4v) is 1.28. The smallest absolute Gasteiger partial charge is 0.214 e. The van der Waals surface area contributed by atoms with Gasteiger partial charge >= 0.3 is 0 Å². The van der Waals surface area contributed by atoms with Crippen LogP contribution in [0.1, 0.15) is 0 Å². The van der Waals surface area contributed by atoms with E-state index in [-0.39, 0.29) is 5.91 Å². The van der Waals surface area contributed by atoms with Crippen molar-refractivity contribution in [3.63, 3.8) is 0 Å². The van der Waals surface area contributed by atoms with Crippen LogP contribution in [0.4, 0.5) is 0 Å². The van der Waals surface area contributed by atoms with Gasteiger partial charge in [-0.05, 0) is 13.4 Å². The lowest BCUT2D eigenvalue weighted by Crippen LogP contribution is -2.46. The number of hydrogen-bond acceptors (Lipinski definition) is 2. The van der Waals surface area contributed by atoms with Gasteiger partial charge in [0.05, 0.1) is 0 Å². The molecule has 0 radical (unpaired) electrons.